The normalized spacial score (nSPS) is 9.28. The lowest BCUT2D eigenvalue weighted by Gasteiger charge is -2.03. The fraction of sp³-hybridized carbons (Fsp3) is 0.148. The minimum absolute atomic E-state index is 0. The molecule has 0 radical (unpaired) electrons. The zero-order chi connectivity index (χ0) is 33.1. The van der Waals surface area contributed by atoms with Gasteiger partial charge in [0.05, 0.1) is 22.3 Å². The van der Waals surface area contributed by atoms with Crippen LogP contribution in [0.5, 0.6) is 0 Å². The van der Waals surface area contributed by atoms with Crippen molar-refractivity contribution in [2.75, 3.05) is 28.2 Å². The number of hydrazone groups is 2. The number of rotatable bonds is 10. The number of pyridine rings is 1. The zero-order valence-electron chi connectivity index (χ0n) is 25.6. The van der Waals surface area contributed by atoms with Crippen molar-refractivity contribution in [3.63, 3.8) is 0 Å². The highest BCUT2D eigenvalue weighted by atomic mass is 16.6. The number of nitrogens with zero attached hydrogens (tertiary/aromatic N) is 7. The molecule has 0 aliphatic rings. The molecule has 47 heavy (non-hydrogen) atoms. The molecule has 0 aliphatic heterocycles. The van der Waals surface area contributed by atoms with Gasteiger partial charge in [0.2, 0.25) is 12.8 Å². The first kappa shape index (κ1) is 44.9. The average Bonchev–Trinajstić information content (AvgIpc) is 3.01. The molecule has 0 unspecified atom stereocenters. The Bertz CT molecular complexity index is 1420. The molecular formula is C27H35N9O11. The topological polar surface area (TPSA) is 317 Å². The predicted octanol–water partition coefficient (Wildman–Crippen LogP) is -0.639. The molecule has 1 heterocycles. The van der Waals surface area contributed by atoms with E-state index in [2.05, 4.69) is 26.0 Å². The molecule has 0 atom stereocenters. The lowest BCUT2D eigenvalue weighted by atomic mass is 10.2. The van der Waals surface area contributed by atoms with E-state index in [4.69, 9.17) is 0 Å². The molecule has 3 aromatic rings. The van der Waals surface area contributed by atoms with Crippen molar-refractivity contribution in [2.45, 2.75) is 0 Å². The summed E-state index contributed by atoms with van der Waals surface area (Å²) in [4.78, 5) is 70.7. The molecular weight excluding hydrogens is 626 g/mol. The van der Waals surface area contributed by atoms with Gasteiger partial charge in [-0.15, -0.1) is 0 Å². The number of carbonyl (C=O) groups excluding carboxylic acids is 4. The van der Waals surface area contributed by atoms with Crippen molar-refractivity contribution >= 4 is 48.4 Å². The van der Waals surface area contributed by atoms with Crippen LogP contribution in [0.15, 0.2) is 76.9 Å². The van der Waals surface area contributed by atoms with E-state index in [1.807, 2.05) is 0 Å². The Kier molecular flexibility index (Phi) is 22.8. The first-order valence-electron chi connectivity index (χ1n) is 12.2. The van der Waals surface area contributed by atoms with Gasteiger partial charge in [0.15, 0.2) is 0 Å². The lowest BCUT2D eigenvalue weighted by molar-refractivity contribution is -0.385. The highest BCUT2D eigenvalue weighted by molar-refractivity contribution is 5.97. The number of aromatic nitrogens is 1. The molecule has 20 nitrogen and oxygen atoms in total. The fourth-order valence-corrected chi connectivity index (χ4v) is 2.57. The van der Waals surface area contributed by atoms with Gasteiger partial charge in [-0.05, 0) is 12.1 Å². The molecule has 0 aliphatic carbocycles. The number of non-ortho nitro benzene ring substituents is 2. The van der Waals surface area contributed by atoms with Gasteiger partial charge in [-0.1, -0.05) is 30.3 Å². The van der Waals surface area contributed by atoms with Crippen molar-refractivity contribution in [1.82, 2.24) is 25.6 Å². The van der Waals surface area contributed by atoms with Crippen LogP contribution in [0.1, 0.15) is 32.1 Å². The molecule has 254 valence electrons. The Labute approximate surface area is 267 Å². The van der Waals surface area contributed by atoms with Crippen LogP contribution in [0, 0.1) is 20.2 Å². The van der Waals surface area contributed by atoms with E-state index in [1.54, 1.807) is 40.3 Å². The number of hydrogen-bond acceptors (Lipinski definition) is 11. The second-order valence-corrected chi connectivity index (χ2v) is 8.65. The first-order valence-corrected chi connectivity index (χ1v) is 12.2. The molecule has 0 fully saturated rings. The Morgan fingerprint density at radius 2 is 1.00 bits per heavy atom. The molecule has 0 spiro atoms. The van der Waals surface area contributed by atoms with Crippen LogP contribution < -0.4 is 10.9 Å². The first-order chi connectivity index (χ1) is 20.9. The second kappa shape index (κ2) is 23.9. The molecule has 2 aromatic carbocycles. The summed E-state index contributed by atoms with van der Waals surface area (Å²) >= 11 is 0. The Hall–Kier alpha value is -6.51. The van der Waals surface area contributed by atoms with Crippen LogP contribution in [0.3, 0.4) is 0 Å². The van der Waals surface area contributed by atoms with Crippen LogP contribution in [0.4, 0.5) is 11.4 Å². The molecule has 4 amide bonds. The molecule has 20 heteroatoms. The van der Waals surface area contributed by atoms with E-state index in [1.165, 1.54) is 76.8 Å². The quantitative estimate of drug-likeness (QED) is 0.121. The number of hydrogen-bond donors (Lipinski definition) is 2. The second-order valence-electron chi connectivity index (χ2n) is 8.65. The molecule has 0 saturated carbocycles. The number of amides is 4. The summed E-state index contributed by atoms with van der Waals surface area (Å²) in [7, 11) is 6.75. The summed E-state index contributed by atoms with van der Waals surface area (Å²) in [5.41, 5.74) is 4.79. The number of carbonyl (C=O) groups is 4. The third-order valence-electron chi connectivity index (χ3n) is 4.56. The lowest BCUT2D eigenvalue weighted by Crippen LogP contribution is -2.23. The zero-order valence-corrected chi connectivity index (χ0v) is 25.6. The summed E-state index contributed by atoms with van der Waals surface area (Å²) in [5.74, 6) is -1.42. The van der Waals surface area contributed by atoms with Crippen LogP contribution in [-0.4, -0.2) is 106 Å². The molecule has 1 aromatic heterocycles. The maximum absolute atomic E-state index is 12.3. The van der Waals surface area contributed by atoms with Gasteiger partial charge in [-0.2, -0.15) is 10.2 Å². The number of benzene rings is 2. The van der Waals surface area contributed by atoms with Gasteiger partial charge in [0, 0.05) is 63.6 Å². The van der Waals surface area contributed by atoms with E-state index in [0.717, 1.165) is 12.8 Å². The van der Waals surface area contributed by atoms with Gasteiger partial charge in [0.25, 0.3) is 23.2 Å². The van der Waals surface area contributed by atoms with Crippen molar-refractivity contribution in [3.8, 4) is 0 Å². The molecule has 0 saturated heterocycles. The van der Waals surface area contributed by atoms with Gasteiger partial charge in [-0.25, -0.2) is 15.8 Å². The van der Waals surface area contributed by atoms with Crippen LogP contribution in [-0.2, 0) is 9.59 Å². The highest BCUT2D eigenvalue weighted by Crippen LogP contribution is 2.12. The largest absolute Gasteiger partial charge is 0.412 e. The summed E-state index contributed by atoms with van der Waals surface area (Å²) in [6, 6.07) is 15.5. The third kappa shape index (κ3) is 18.0. The van der Waals surface area contributed by atoms with E-state index >= 15 is 0 Å². The molecule has 3 rings (SSSR count). The van der Waals surface area contributed by atoms with Crippen molar-refractivity contribution in [3.05, 3.63) is 109 Å². The van der Waals surface area contributed by atoms with E-state index in [0.29, 0.717) is 11.1 Å². The summed E-state index contributed by atoms with van der Waals surface area (Å²) < 4.78 is 0. The average molecular weight is 662 g/mol. The monoisotopic (exact) mass is 661 g/mol. The fourth-order valence-electron chi connectivity index (χ4n) is 2.57. The van der Waals surface area contributed by atoms with Gasteiger partial charge in [0.1, 0.15) is 11.4 Å². The maximum Gasteiger partial charge on any atom is 0.289 e. The minimum atomic E-state index is -0.712. The van der Waals surface area contributed by atoms with Gasteiger partial charge in [-0.3, -0.25) is 39.4 Å². The predicted molar refractivity (Wildman–Crippen MR) is 171 cm³/mol. The van der Waals surface area contributed by atoms with Gasteiger partial charge < -0.3 is 26.2 Å². The Balaban J connectivity index is -0.00000130. The van der Waals surface area contributed by atoms with Crippen LogP contribution in [0.2, 0.25) is 0 Å². The summed E-state index contributed by atoms with van der Waals surface area (Å²) in [5, 5.41) is 29.1. The van der Waals surface area contributed by atoms with E-state index < -0.39 is 21.7 Å². The highest BCUT2D eigenvalue weighted by Gasteiger charge is 2.12. The van der Waals surface area contributed by atoms with Crippen molar-refractivity contribution in [2.24, 2.45) is 10.2 Å². The summed E-state index contributed by atoms with van der Waals surface area (Å²) in [6.07, 6.45) is 3.95. The minimum Gasteiger partial charge on any atom is -0.412 e. The number of nitro groups is 2. The van der Waals surface area contributed by atoms with Crippen molar-refractivity contribution < 1.29 is 45.5 Å². The molecule has 8 N–H and O–H groups in total. The summed E-state index contributed by atoms with van der Waals surface area (Å²) in [6.45, 7) is 0. The molecule has 0 bridgehead atoms. The van der Waals surface area contributed by atoms with Crippen LogP contribution >= 0.6 is 0 Å². The Morgan fingerprint density at radius 1 is 0.681 bits per heavy atom. The van der Waals surface area contributed by atoms with E-state index in [-0.39, 0.29) is 39.2 Å². The number of nitrogens with one attached hydrogen (secondary N) is 2. The third-order valence-corrected chi connectivity index (χ3v) is 4.56. The maximum atomic E-state index is 12.3. The van der Waals surface area contributed by atoms with E-state index in [9.17, 15) is 39.4 Å². The smallest absolute Gasteiger partial charge is 0.289 e. The number of nitro benzene ring substituents is 2. The standard InChI is InChI=1S/C21H15N7O6.2C3H7NO.3H2O/c29-20(25-22-12-14-4-1-6-16(10-14)27(31)32)18-8-3-9-19(24-18)21(30)26-23-13-15-5-2-7-17(11-15)28(33)34;2*1-4(2)3-5;;;/h1-13H,(H,25,29)(H,26,30);2*3H,1-2H3;3*1H2/b22-12+,23-13+;;;;;. The Morgan fingerprint density at radius 3 is 1.30 bits per heavy atom. The van der Waals surface area contributed by atoms with Crippen molar-refractivity contribution in [1.29, 1.82) is 0 Å². The SMILES string of the molecule is CN(C)C=O.CN(C)C=O.O.O.O.O=C(N/N=C/c1cccc([N+](=O)[O-])c1)c1cccc(C(=O)N/N=C/c2cccc([N+](=O)[O-])c2)n1. The van der Waals surface area contributed by atoms with Gasteiger partial charge >= 0.3 is 0 Å². The van der Waals surface area contributed by atoms with Crippen LogP contribution in [0.25, 0.3) is 0 Å².